The first-order valence-corrected chi connectivity index (χ1v) is 11.9. The summed E-state index contributed by atoms with van der Waals surface area (Å²) in [7, 11) is -1.77. The van der Waals surface area contributed by atoms with Crippen molar-refractivity contribution in [2.24, 2.45) is 0 Å². The van der Waals surface area contributed by atoms with Crippen molar-refractivity contribution in [1.82, 2.24) is 14.3 Å². The van der Waals surface area contributed by atoms with E-state index in [0.29, 0.717) is 41.1 Å². The highest BCUT2D eigenvalue weighted by atomic mass is 32.2. The molecule has 156 valence electrons. The molecule has 8 nitrogen and oxygen atoms in total. The Balaban J connectivity index is 1.57. The van der Waals surface area contributed by atoms with E-state index in [2.05, 4.69) is 15.3 Å². The van der Waals surface area contributed by atoms with Gasteiger partial charge < -0.3 is 15.0 Å². The number of aromatic nitrogens is 2. The van der Waals surface area contributed by atoms with Gasteiger partial charge in [0.2, 0.25) is 0 Å². The lowest BCUT2D eigenvalue weighted by Gasteiger charge is -2.27. The molecule has 0 unspecified atom stereocenters. The van der Waals surface area contributed by atoms with Crippen LogP contribution in [0.15, 0.2) is 58.4 Å². The van der Waals surface area contributed by atoms with Crippen molar-refractivity contribution < 1.29 is 13.2 Å². The van der Waals surface area contributed by atoms with Crippen molar-refractivity contribution in [2.75, 3.05) is 30.4 Å². The van der Waals surface area contributed by atoms with Crippen LogP contribution in [0.1, 0.15) is 17.4 Å². The summed E-state index contributed by atoms with van der Waals surface area (Å²) in [6, 6.07) is 13.1. The van der Waals surface area contributed by atoms with E-state index in [0.717, 1.165) is 5.56 Å². The fraction of sp³-hybridized carbons (Fsp3) is 0.300. The quantitative estimate of drug-likeness (QED) is 0.649. The minimum Gasteiger partial charge on any atom is -0.368 e. The van der Waals surface area contributed by atoms with Gasteiger partial charge in [0.15, 0.2) is 6.23 Å². The third-order valence-corrected chi connectivity index (χ3v) is 8.57. The Hall–Kier alpha value is -2.53. The Labute approximate surface area is 179 Å². The van der Waals surface area contributed by atoms with Crippen LogP contribution in [-0.2, 0) is 21.3 Å². The Morgan fingerprint density at radius 2 is 2.07 bits per heavy atom. The summed E-state index contributed by atoms with van der Waals surface area (Å²) in [4.78, 5) is 10.9. The number of nitrogens with zero attached hydrogens (tertiary/aromatic N) is 4. The van der Waals surface area contributed by atoms with Gasteiger partial charge in [-0.2, -0.15) is 4.31 Å². The molecule has 1 saturated heterocycles. The lowest BCUT2D eigenvalue weighted by atomic mass is 10.2. The summed E-state index contributed by atoms with van der Waals surface area (Å²) in [5.41, 5.74) is 1.78. The molecule has 10 heteroatoms. The van der Waals surface area contributed by atoms with Crippen molar-refractivity contribution in [2.45, 2.75) is 23.0 Å². The minimum absolute atomic E-state index is 0.308. The second kappa shape index (κ2) is 7.62. The average molecular weight is 444 g/mol. The van der Waals surface area contributed by atoms with E-state index >= 15 is 0 Å². The van der Waals surface area contributed by atoms with Crippen LogP contribution in [-0.4, -0.2) is 48.9 Å². The van der Waals surface area contributed by atoms with Crippen molar-refractivity contribution in [3.05, 3.63) is 65.3 Å². The maximum atomic E-state index is 13.4. The van der Waals surface area contributed by atoms with E-state index in [-0.39, 0.29) is 6.04 Å². The molecule has 2 atom stereocenters. The van der Waals surface area contributed by atoms with Crippen LogP contribution < -0.4 is 10.2 Å². The number of fused-ring (bicyclic) bond motifs is 4. The van der Waals surface area contributed by atoms with E-state index in [1.807, 2.05) is 42.3 Å². The molecule has 30 heavy (non-hydrogen) atoms. The lowest BCUT2D eigenvalue weighted by Crippen LogP contribution is -2.40. The molecule has 2 aromatic heterocycles. The predicted octanol–water partition coefficient (Wildman–Crippen LogP) is 2.69. The SMILES string of the molecule is CN(Cc1ccccc1)c1ncnc2c1[C@@H]1OC[C@H](CN2)N1S(=O)(=O)c1cccs1. The monoisotopic (exact) mass is 443 g/mol. The number of hydrogen-bond donors (Lipinski definition) is 1. The minimum atomic E-state index is -3.71. The molecule has 1 aromatic carbocycles. The number of anilines is 2. The van der Waals surface area contributed by atoms with Crippen LogP contribution in [0.25, 0.3) is 0 Å². The van der Waals surface area contributed by atoms with Gasteiger partial charge in [0.25, 0.3) is 10.0 Å². The first-order chi connectivity index (χ1) is 14.6. The highest BCUT2D eigenvalue weighted by Gasteiger charge is 2.48. The topological polar surface area (TPSA) is 87.7 Å². The highest BCUT2D eigenvalue weighted by molar-refractivity contribution is 7.91. The summed E-state index contributed by atoms with van der Waals surface area (Å²) < 4.78 is 34.6. The first kappa shape index (κ1) is 19.4. The van der Waals surface area contributed by atoms with Crippen molar-refractivity contribution in [3.8, 4) is 0 Å². The molecule has 0 spiro atoms. The van der Waals surface area contributed by atoms with E-state index in [4.69, 9.17) is 4.74 Å². The molecule has 4 heterocycles. The summed E-state index contributed by atoms with van der Waals surface area (Å²) >= 11 is 1.21. The molecule has 1 fully saturated rings. The zero-order valence-electron chi connectivity index (χ0n) is 16.3. The number of sulfonamides is 1. The number of benzene rings is 1. The van der Waals surface area contributed by atoms with E-state index in [1.54, 1.807) is 17.5 Å². The van der Waals surface area contributed by atoms with Crippen LogP contribution in [0.3, 0.4) is 0 Å². The average Bonchev–Trinajstić information content (AvgIpc) is 3.39. The van der Waals surface area contributed by atoms with Gasteiger partial charge >= 0.3 is 0 Å². The zero-order valence-corrected chi connectivity index (χ0v) is 17.9. The molecule has 0 radical (unpaired) electrons. The van der Waals surface area contributed by atoms with Crippen molar-refractivity contribution >= 4 is 33.0 Å². The van der Waals surface area contributed by atoms with Gasteiger partial charge in [-0.05, 0) is 17.0 Å². The van der Waals surface area contributed by atoms with E-state index in [1.165, 1.54) is 22.0 Å². The molecule has 0 saturated carbocycles. The van der Waals surface area contributed by atoms with Gasteiger partial charge in [-0.3, -0.25) is 0 Å². The Morgan fingerprint density at radius 1 is 1.23 bits per heavy atom. The molecule has 3 aromatic rings. The van der Waals surface area contributed by atoms with Crippen LogP contribution in [0.2, 0.25) is 0 Å². The van der Waals surface area contributed by atoms with Gasteiger partial charge in [0.05, 0.1) is 18.2 Å². The molecule has 2 bridgehead atoms. The largest absolute Gasteiger partial charge is 0.368 e. The molecule has 0 amide bonds. The van der Waals surface area contributed by atoms with Crippen LogP contribution in [0.4, 0.5) is 11.6 Å². The van der Waals surface area contributed by atoms with Crippen LogP contribution in [0.5, 0.6) is 0 Å². The van der Waals surface area contributed by atoms with Gasteiger partial charge in [-0.25, -0.2) is 18.4 Å². The Morgan fingerprint density at radius 3 is 2.83 bits per heavy atom. The number of rotatable bonds is 5. The summed E-state index contributed by atoms with van der Waals surface area (Å²) in [5.74, 6) is 1.26. The number of hydrogen-bond acceptors (Lipinski definition) is 8. The molecule has 2 aliphatic heterocycles. The fourth-order valence-electron chi connectivity index (χ4n) is 3.94. The third-order valence-electron chi connectivity index (χ3n) is 5.30. The van der Waals surface area contributed by atoms with Gasteiger partial charge in [-0.1, -0.05) is 36.4 Å². The van der Waals surface area contributed by atoms with Crippen LogP contribution >= 0.6 is 11.3 Å². The molecule has 5 rings (SSSR count). The Kier molecular flexibility index (Phi) is 4.94. The molecular formula is C20H21N5O3S2. The normalized spacial score (nSPS) is 21.0. The lowest BCUT2D eigenvalue weighted by molar-refractivity contribution is 0.0688. The molecule has 2 aliphatic rings. The van der Waals surface area contributed by atoms with Crippen molar-refractivity contribution in [3.63, 3.8) is 0 Å². The molecule has 0 aliphatic carbocycles. The number of thiophene rings is 1. The standard InChI is InChI=1S/C20H21N5O3S2/c1-24(11-14-6-3-2-4-7-14)19-17-18(22-13-23-19)21-10-15-12-28-20(17)25(15)30(26,27)16-8-5-9-29-16/h2-9,13,15,20H,10-12H2,1H3,(H,21,22,23)/t15-,20-/m0/s1. The van der Waals surface area contributed by atoms with Crippen molar-refractivity contribution in [1.29, 1.82) is 0 Å². The first-order valence-electron chi connectivity index (χ1n) is 9.58. The maximum Gasteiger partial charge on any atom is 0.255 e. The summed E-state index contributed by atoms with van der Waals surface area (Å²) in [6.07, 6.45) is 0.723. The zero-order chi connectivity index (χ0) is 20.7. The predicted molar refractivity (Wildman–Crippen MR) is 115 cm³/mol. The fourth-order valence-corrected chi connectivity index (χ4v) is 6.71. The van der Waals surface area contributed by atoms with Gasteiger partial charge in [-0.15, -0.1) is 11.3 Å². The maximum absolute atomic E-state index is 13.4. The number of nitrogens with one attached hydrogen (secondary N) is 1. The van der Waals surface area contributed by atoms with E-state index in [9.17, 15) is 8.42 Å². The Bertz CT molecular complexity index is 1140. The third kappa shape index (κ3) is 3.25. The van der Waals surface area contributed by atoms with Gasteiger partial charge in [0, 0.05) is 20.1 Å². The summed E-state index contributed by atoms with van der Waals surface area (Å²) in [6.45, 7) is 1.36. The van der Waals surface area contributed by atoms with Crippen LogP contribution in [0, 0.1) is 0 Å². The smallest absolute Gasteiger partial charge is 0.255 e. The van der Waals surface area contributed by atoms with E-state index < -0.39 is 16.3 Å². The number of ether oxygens (including phenoxy) is 1. The molecule has 1 N–H and O–H groups in total. The highest BCUT2D eigenvalue weighted by Crippen LogP contribution is 2.44. The second-order valence-electron chi connectivity index (χ2n) is 7.29. The second-order valence-corrected chi connectivity index (χ2v) is 10.3. The summed E-state index contributed by atoms with van der Waals surface area (Å²) in [5, 5.41) is 5.07. The van der Waals surface area contributed by atoms with Gasteiger partial charge in [0.1, 0.15) is 22.2 Å². The molecular weight excluding hydrogens is 422 g/mol.